The first-order valence-corrected chi connectivity index (χ1v) is 7.31. The summed E-state index contributed by atoms with van der Waals surface area (Å²) in [7, 11) is -3.94. The molecule has 0 bridgehead atoms. The van der Waals surface area contributed by atoms with Gasteiger partial charge in [-0.05, 0) is 6.07 Å². The number of phenolic OH excluding ortho intramolecular Hbond substituents is 1. The number of rotatable bonds is 4. The van der Waals surface area contributed by atoms with E-state index in [1.165, 1.54) is 16.4 Å². The Morgan fingerprint density at radius 1 is 1.35 bits per heavy atom. The third-order valence-electron chi connectivity index (χ3n) is 2.86. The number of piperazine rings is 1. The van der Waals surface area contributed by atoms with Crippen LogP contribution in [0.5, 0.6) is 5.75 Å². The van der Waals surface area contributed by atoms with Crippen molar-refractivity contribution in [1.82, 2.24) is 9.62 Å². The number of nitro groups is 1. The second-order valence-corrected chi connectivity index (χ2v) is 5.86. The van der Waals surface area contributed by atoms with E-state index in [2.05, 4.69) is 10.0 Å². The van der Waals surface area contributed by atoms with Gasteiger partial charge in [0.05, 0.1) is 4.92 Å². The first-order valence-electron chi connectivity index (χ1n) is 5.87. The fourth-order valence-corrected chi connectivity index (χ4v) is 3.12. The van der Waals surface area contributed by atoms with E-state index in [4.69, 9.17) is 0 Å². The molecule has 0 unspecified atom stereocenters. The molecule has 0 atom stereocenters. The molecule has 0 saturated carbocycles. The Morgan fingerprint density at radius 2 is 2.00 bits per heavy atom. The summed E-state index contributed by atoms with van der Waals surface area (Å²) in [5.41, 5.74) is -0.917. The van der Waals surface area contributed by atoms with Crippen LogP contribution in [0.3, 0.4) is 0 Å². The number of phenols is 1. The summed E-state index contributed by atoms with van der Waals surface area (Å²) in [5, 5.41) is 23.5. The quantitative estimate of drug-likeness (QED) is 0.404. The average Bonchev–Trinajstić information content (AvgIpc) is 2.41. The SMILES string of the molecule is O=[N+]([O-])c1cccc(O)c1NS(=O)(=O)N1CCNCC1. The number of aromatic hydroxyl groups is 1. The van der Waals surface area contributed by atoms with Crippen LogP contribution in [0, 0.1) is 10.1 Å². The van der Waals surface area contributed by atoms with Gasteiger partial charge >= 0.3 is 10.2 Å². The monoisotopic (exact) mass is 302 g/mol. The first kappa shape index (κ1) is 14.5. The van der Waals surface area contributed by atoms with Crippen molar-refractivity contribution in [1.29, 1.82) is 0 Å². The number of nitrogens with zero attached hydrogens (tertiary/aromatic N) is 2. The highest BCUT2D eigenvalue weighted by Crippen LogP contribution is 2.34. The molecule has 0 spiro atoms. The molecule has 1 aliphatic rings. The van der Waals surface area contributed by atoms with E-state index in [1.54, 1.807) is 0 Å². The number of nitro benzene ring substituents is 1. The molecule has 1 aliphatic heterocycles. The maximum absolute atomic E-state index is 12.1. The van der Waals surface area contributed by atoms with Crippen molar-refractivity contribution >= 4 is 21.6 Å². The number of hydrogen-bond donors (Lipinski definition) is 3. The van der Waals surface area contributed by atoms with Gasteiger partial charge in [0.15, 0.2) is 5.69 Å². The Labute approximate surface area is 115 Å². The Bertz CT molecular complexity index is 612. The van der Waals surface area contributed by atoms with Gasteiger partial charge in [-0.3, -0.25) is 14.8 Å². The van der Waals surface area contributed by atoms with Crippen LogP contribution in [0.4, 0.5) is 11.4 Å². The predicted octanol–water partition coefficient (Wildman–Crippen LogP) is -0.138. The number of nitrogens with one attached hydrogen (secondary N) is 2. The molecule has 1 heterocycles. The van der Waals surface area contributed by atoms with Gasteiger partial charge in [-0.15, -0.1) is 0 Å². The fraction of sp³-hybridized carbons (Fsp3) is 0.400. The minimum Gasteiger partial charge on any atom is -0.505 e. The largest absolute Gasteiger partial charge is 0.505 e. The number of para-hydroxylation sites is 1. The summed E-state index contributed by atoms with van der Waals surface area (Å²) < 4.78 is 27.5. The molecule has 0 aromatic heterocycles. The number of anilines is 1. The van der Waals surface area contributed by atoms with Crippen LogP contribution in [0.15, 0.2) is 18.2 Å². The van der Waals surface area contributed by atoms with Crippen molar-refractivity contribution < 1.29 is 18.4 Å². The van der Waals surface area contributed by atoms with Gasteiger partial charge < -0.3 is 10.4 Å². The molecule has 1 aromatic carbocycles. The van der Waals surface area contributed by atoms with Crippen LogP contribution in [-0.2, 0) is 10.2 Å². The molecule has 1 aromatic rings. The van der Waals surface area contributed by atoms with Crippen LogP contribution < -0.4 is 10.0 Å². The van der Waals surface area contributed by atoms with Crippen molar-refractivity contribution in [2.24, 2.45) is 0 Å². The second kappa shape index (κ2) is 5.61. The zero-order chi connectivity index (χ0) is 14.8. The average molecular weight is 302 g/mol. The highest BCUT2D eigenvalue weighted by Gasteiger charge is 2.28. The second-order valence-electron chi connectivity index (χ2n) is 4.18. The van der Waals surface area contributed by atoms with Gasteiger partial charge in [0.2, 0.25) is 0 Å². The van der Waals surface area contributed by atoms with E-state index >= 15 is 0 Å². The maximum atomic E-state index is 12.1. The van der Waals surface area contributed by atoms with Crippen molar-refractivity contribution in [3.8, 4) is 5.75 Å². The topological polar surface area (TPSA) is 125 Å². The lowest BCUT2D eigenvalue weighted by molar-refractivity contribution is -0.383. The van der Waals surface area contributed by atoms with Crippen molar-refractivity contribution in [2.75, 3.05) is 30.9 Å². The molecule has 3 N–H and O–H groups in total. The van der Waals surface area contributed by atoms with Gasteiger partial charge in [0.25, 0.3) is 5.69 Å². The van der Waals surface area contributed by atoms with E-state index < -0.39 is 32.3 Å². The molecule has 0 radical (unpaired) electrons. The van der Waals surface area contributed by atoms with Crippen molar-refractivity contribution in [2.45, 2.75) is 0 Å². The lowest BCUT2D eigenvalue weighted by atomic mass is 10.2. The number of benzene rings is 1. The van der Waals surface area contributed by atoms with Gasteiger partial charge in [0.1, 0.15) is 5.75 Å². The van der Waals surface area contributed by atoms with Gasteiger partial charge in [0, 0.05) is 32.2 Å². The van der Waals surface area contributed by atoms with Crippen molar-refractivity contribution in [3.63, 3.8) is 0 Å². The summed E-state index contributed by atoms with van der Waals surface area (Å²) in [6, 6.07) is 3.58. The van der Waals surface area contributed by atoms with Crippen LogP contribution in [0.1, 0.15) is 0 Å². The van der Waals surface area contributed by atoms with E-state index in [9.17, 15) is 23.6 Å². The summed E-state index contributed by atoms with van der Waals surface area (Å²) in [4.78, 5) is 10.1. The van der Waals surface area contributed by atoms with Gasteiger partial charge in [-0.25, -0.2) is 0 Å². The molecule has 1 fully saturated rings. The zero-order valence-corrected chi connectivity index (χ0v) is 11.3. The molecule has 110 valence electrons. The van der Waals surface area contributed by atoms with Crippen LogP contribution >= 0.6 is 0 Å². The fourth-order valence-electron chi connectivity index (χ4n) is 1.86. The third kappa shape index (κ3) is 2.98. The Hall–Kier alpha value is -1.91. The maximum Gasteiger partial charge on any atom is 0.302 e. The summed E-state index contributed by atoms with van der Waals surface area (Å²) >= 11 is 0. The third-order valence-corrected chi connectivity index (χ3v) is 4.37. The predicted molar refractivity (Wildman–Crippen MR) is 71.7 cm³/mol. The van der Waals surface area contributed by atoms with E-state index in [0.717, 1.165) is 6.07 Å². The van der Waals surface area contributed by atoms with Crippen molar-refractivity contribution in [3.05, 3.63) is 28.3 Å². The summed E-state index contributed by atoms with van der Waals surface area (Å²) in [5.74, 6) is -0.488. The molecule has 10 heteroatoms. The highest BCUT2D eigenvalue weighted by atomic mass is 32.2. The molecule has 0 amide bonds. The molecule has 0 aliphatic carbocycles. The molecular formula is C10H14N4O5S. The highest BCUT2D eigenvalue weighted by molar-refractivity contribution is 7.90. The molecule has 9 nitrogen and oxygen atoms in total. The van der Waals surface area contributed by atoms with E-state index in [1.807, 2.05) is 0 Å². The van der Waals surface area contributed by atoms with Gasteiger partial charge in [-0.1, -0.05) is 6.07 Å². The first-order chi connectivity index (χ1) is 9.42. The van der Waals surface area contributed by atoms with E-state index in [0.29, 0.717) is 13.1 Å². The smallest absolute Gasteiger partial charge is 0.302 e. The lowest BCUT2D eigenvalue weighted by Crippen LogP contribution is -2.48. The minimum absolute atomic E-state index is 0.261. The summed E-state index contributed by atoms with van der Waals surface area (Å²) in [6.07, 6.45) is 0. The normalized spacial score (nSPS) is 16.8. The molecule has 1 saturated heterocycles. The van der Waals surface area contributed by atoms with E-state index in [-0.39, 0.29) is 13.1 Å². The lowest BCUT2D eigenvalue weighted by Gasteiger charge is -2.26. The molecule has 20 heavy (non-hydrogen) atoms. The number of hydrogen-bond acceptors (Lipinski definition) is 6. The van der Waals surface area contributed by atoms with Crippen LogP contribution in [0.25, 0.3) is 0 Å². The summed E-state index contributed by atoms with van der Waals surface area (Å²) in [6.45, 7) is 1.53. The van der Waals surface area contributed by atoms with Crippen LogP contribution in [-0.4, -0.2) is 48.9 Å². The minimum atomic E-state index is -3.94. The molecule has 2 rings (SSSR count). The standard InChI is InChI=1S/C10H14N4O5S/c15-9-3-1-2-8(14(16)17)10(9)12-20(18,19)13-6-4-11-5-7-13/h1-3,11-12,15H,4-7H2. The molecular weight excluding hydrogens is 288 g/mol. The van der Waals surface area contributed by atoms with Gasteiger partial charge in [-0.2, -0.15) is 12.7 Å². The zero-order valence-electron chi connectivity index (χ0n) is 10.4. The Morgan fingerprint density at radius 3 is 2.60 bits per heavy atom. The van der Waals surface area contributed by atoms with Crippen LogP contribution in [0.2, 0.25) is 0 Å². The Balaban J connectivity index is 2.31. The Kier molecular flexibility index (Phi) is 4.06.